The molecule has 1 spiro atoms. The molecule has 0 radical (unpaired) electrons. The van der Waals surface area contributed by atoms with Crippen LogP contribution in [0.4, 0.5) is 13.2 Å². The molecule has 2 rings (SSSR count). The fraction of sp³-hybridized carbons (Fsp3) is 1.00. The van der Waals surface area contributed by atoms with E-state index in [9.17, 15) is 21.6 Å². The molecule has 2 nitrogen and oxygen atoms in total. The van der Waals surface area contributed by atoms with Gasteiger partial charge in [0, 0.05) is 0 Å². The lowest BCUT2D eigenvalue weighted by molar-refractivity contribution is -0.129. The third kappa shape index (κ3) is 4.12. The van der Waals surface area contributed by atoms with Gasteiger partial charge in [-0.3, -0.25) is 0 Å². The molecule has 8 heteroatoms. The fourth-order valence-electron chi connectivity index (χ4n) is 3.03. The molecule has 0 aromatic carbocycles. The van der Waals surface area contributed by atoms with Crippen LogP contribution in [0.3, 0.4) is 0 Å². The molecule has 0 aliphatic heterocycles. The molecule has 20 heavy (non-hydrogen) atoms. The van der Waals surface area contributed by atoms with E-state index in [4.69, 9.17) is 0 Å². The third-order valence-corrected chi connectivity index (χ3v) is 8.51. The van der Waals surface area contributed by atoms with Crippen LogP contribution in [0, 0.1) is 11.3 Å². The van der Waals surface area contributed by atoms with Gasteiger partial charge in [-0.2, -0.15) is 13.2 Å². The van der Waals surface area contributed by atoms with Crippen LogP contribution in [0.15, 0.2) is 0 Å². The van der Waals surface area contributed by atoms with Gasteiger partial charge in [0.2, 0.25) is 0 Å². The predicted molar refractivity (Wildman–Crippen MR) is 78.9 cm³/mol. The van der Waals surface area contributed by atoms with Gasteiger partial charge in [-0.15, -0.1) is 0 Å². The van der Waals surface area contributed by atoms with E-state index < -0.39 is 28.2 Å². The predicted octanol–water partition coefficient (Wildman–Crippen LogP) is 4.42. The molecule has 0 saturated heterocycles. The standard InChI is InChI=1S/C12H17Br2F3O2S/c13-11(14)8-10(11)3-1-9(2-4-10)7-20(18,19)6-5-12(15,16)17/h9H,1-8H2. The number of halogens is 5. The smallest absolute Gasteiger partial charge is 0.229 e. The molecule has 2 saturated carbocycles. The van der Waals surface area contributed by atoms with Gasteiger partial charge in [0.15, 0.2) is 9.84 Å². The van der Waals surface area contributed by atoms with E-state index in [1.807, 2.05) is 0 Å². The fourth-order valence-corrected chi connectivity index (χ4v) is 6.66. The first-order valence-corrected chi connectivity index (χ1v) is 10.0. The molecule has 0 N–H and O–H groups in total. The van der Waals surface area contributed by atoms with Crippen molar-refractivity contribution in [2.45, 2.75) is 47.9 Å². The third-order valence-electron chi connectivity index (χ3n) is 4.46. The van der Waals surface area contributed by atoms with Crippen molar-refractivity contribution in [1.29, 1.82) is 0 Å². The molecule has 0 aromatic heterocycles. The molecular weight excluding hydrogens is 425 g/mol. The Kier molecular flexibility index (Phi) is 4.61. The van der Waals surface area contributed by atoms with Crippen molar-refractivity contribution in [1.82, 2.24) is 0 Å². The van der Waals surface area contributed by atoms with Crippen LogP contribution in [0.2, 0.25) is 0 Å². The van der Waals surface area contributed by atoms with E-state index in [1.54, 1.807) is 0 Å². The lowest BCUT2D eigenvalue weighted by Gasteiger charge is -2.29. The Hall–Kier alpha value is 0.700. The second kappa shape index (κ2) is 5.41. The first-order valence-electron chi connectivity index (χ1n) is 6.60. The van der Waals surface area contributed by atoms with Gasteiger partial charge in [-0.05, 0) is 43.4 Å². The molecule has 0 heterocycles. The summed E-state index contributed by atoms with van der Waals surface area (Å²) >= 11 is 7.21. The maximum Gasteiger partial charge on any atom is 0.390 e. The van der Waals surface area contributed by atoms with Gasteiger partial charge in [0.05, 0.1) is 21.2 Å². The highest BCUT2D eigenvalue weighted by atomic mass is 79.9. The zero-order valence-corrected chi connectivity index (χ0v) is 14.8. The zero-order valence-electron chi connectivity index (χ0n) is 10.8. The van der Waals surface area contributed by atoms with Crippen LogP contribution >= 0.6 is 31.9 Å². The maximum atomic E-state index is 12.1. The largest absolute Gasteiger partial charge is 0.390 e. The van der Waals surface area contributed by atoms with Crippen molar-refractivity contribution in [3.05, 3.63) is 0 Å². The highest BCUT2D eigenvalue weighted by Crippen LogP contribution is 2.72. The normalized spacial score (nSPS) is 33.4. The van der Waals surface area contributed by atoms with Gasteiger partial charge in [0.1, 0.15) is 0 Å². The topological polar surface area (TPSA) is 34.1 Å². The minimum atomic E-state index is -4.40. The van der Waals surface area contributed by atoms with Crippen molar-refractivity contribution < 1.29 is 21.6 Å². The van der Waals surface area contributed by atoms with Crippen molar-refractivity contribution >= 4 is 41.7 Å². The van der Waals surface area contributed by atoms with E-state index in [0.717, 1.165) is 32.1 Å². The lowest BCUT2D eigenvalue weighted by atomic mass is 9.80. The average Bonchev–Trinajstić information content (AvgIpc) is 2.80. The van der Waals surface area contributed by atoms with Crippen molar-refractivity contribution in [3.63, 3.8) is 0 Å². The van der Waals surface area contributed by atoms with E-state index in [-0.39, 0.29) is 20.3 Å². The summed E-state index contributed by atoms with van der Waals surface area (Å²) < 4.78 is 59.7. The molecule has 0 atom stereocenters. The average molecular weight is 442 g/mol. The van der Waals surface area contributed by atoms with Crippen LogP contribution in [-0.4, -0.2) is 29.3 Å². The molecule has 0 amide bonds. The summed E-state index contributed by atoms with van der Waals surface area (Å²) in [4.78, 5) is 0. The van der Waals surface area contributed by atoms with E-state index in [2.05, 4.69) is 31.9 Å². The summed E-state index contributed by atoms with van der Waals surface area (Å²) in [5, 5.41) is 0. The van der Waals surface area contributed by atoms with Gasteiger partial charge in [-0.25, -0.2) is 8.42 Å². The van der Waals surface area contributed by atoms with E-state index in [0.29, 0.717) is 0 Å². The first kappa shape index (κ1) is 17.1. The lowest BCUT2D eigenvalue weighted by Crippen LogP contribution is -2.27. The highest BCUT2D eigenvalue weighted by Gasteiger charge is 2.64. The van der Waals surface area contributed by atoms with Crippen LogP contribution < -0.4 is 0 Å². The summed E-state index contributed by atoms with van der Waals surface area (Å²) in [5.74, 6) is -0.870. The Balaban J connectivity index is 1.80. The van der Waals surface area contributed by atoms with Gasteiger partial charge < -0.3 is 0 Å². The molecule has 2 aliphatic rings. The van der Waals surface area contributed by atoms with E-state index >= 15 is 0 Å². The molecule has 0 bridgehead atoms. The summed E-state index contributed by atoms with van der Waals surface area (Å²) in [6, 6.07) is 0. The Bertz CT molecular complexity index is 466. The minimum Gasteiger partial charge on any atom is -0.229 e. The molecular formula is C12H17Br2F3O2S. The zero-order chi connectivity index (χ0) is 15.2. The highest BCUT2D eigenvalue weighted by molar-refractivity contribution is 9.25. The number of hydrogen-bond acceptors (Lipinski definition) is 2. The quantitative estimate of drug-likeness (QED) is 0.605. The first-order chi connectivity index (χ1) is 8.95. The Morgan fingerprint density at radius 2 is 1.65 bits per heavy atom. The summed E-state index contributed by atoms with van der Waals surface area (Å²) in [7, 11) is -3.60. The molecule has 0 unspecified atom stereocenters. The van der Waals surface area contributed by atoms with E-state index in [1.165, 1.54) is 0 Å². The SMILES string of the molecule is O=S(=O)(CCC(F)(F)F)CC1CCC2(CC1)CC2(Br)Br. The summed E-state index contributed by atoms with van der Waals surface area (Å²) in [6.07, 6.45) is -1.17. The minimum absolute atomic E-state index is 0.00682. The number of hydrogen-bond donors (Lipinski definition) is 0. The summed E-state index contributed by atoms with van der Waals surface area (Å²) in [5.41, 5.74) is 0.221. The number of sulfone groups is 1. The monoisotopic (exact) mass is 440 g/mol. The van der Waals surface area contributed by atoms with Crippen LogP contribution in [0.25, 0.3) is 0 Å². The second-order valence-electron chi connectivity index (χ2n) is 6.08. The van der Waals surface area contributed by atoms with Gasteiger partial charge >= 0.3 is 6.18 Å². The Labute approximate surface area is 134 Å². The van der Waals surface area contributed by atoms with Gasteiger partial charge in [-0.1, -0.05) is 31.9 Å². The number of alkyl halides is 5. The van der Waals surface area contributed by atoms with Crippen molar-refractivity contribution in [2.75, 3.05) is 11.5 Å². The van der Waals surface area contributed by atoms with Gasteiger partial charge in [0.25, 0.3) is 0 Å². The van der Waals surface area contributed by atoms with Crippen molar-refractivity contribution in [2.24, 2.45) is 11.3 Å². The molecule has 2 fully saturated rings. The second-order valence-corrected chi connectivity index (χ2v) is 12.1. The van der Waals surface area contributed by atoms with Crippen LogP contribution in [0.5, 0.6) is 0 Å². The number of rotatable bonds is 4. The molecule has 0 aromatic rings. The van der Waals surface area contributed by atoms with Crippen LogP contribution in [0.1, 0.15) is 38.5 Å². The Morgan fingerprint density at radius 1 is 1.15 bits per heavy atom. The Morgan fingerprint density at radius 3 is 2.05 bits per heavy atom. The molecule has 118 valence electrons. The summed E-state index contributed by atoms with van der Waals surface area (Å²) in [6.45, 7) is 0. The molecule has 2 aliphatic carbocycles. The van der Waals surface area contributed by atoms with Crippen LogP contribution in [-0.2, 0) is 9.84 Å². The maximum absolute atomic E-state index is 12.1. The van der Waals surface area contributed by atoms with Crippen molar-refractivity contribution in [3.8, 4) is 0 Å².